The highest BCUT2D eigenvalue weighted by atomic mass is 31.2. The zero-order chi connectivity index (χ0) is 70.9. The van der Waals surface area contributed by atoms with Gasteiger partial charge in [-0.25, -0.2) is 9.13 Å². The van der Waals surface area contributed by atoms with Crippen molar-refractivity contribution in [2.24, 2.45) is 0 Å². The third-order valence-corrected chi connectivity index (χ3v) is 17.9. The number of allylic oxidation sites excluding steroid dienone is 18. The van der Waals surface area contributed by atoms with Gasteiger partial charge < -0.3 is 34.2 Å². The molecule has 0 aliphatic heterocycles. The number of phosphoric acid groups is 2. The molecule has 16 nitrogen and oxygen atoms in total. The van der Waals surface area contributed by atoms with Crippen LogP contribution in [-0.4, -0.2) is 95.9 Å². The van der Waals surface area contributed by atoms with E-state index in [1.807, 2.05) is 0 Å². The minimum Gasteiger partial charge on any atom is -0.463 e. The summed E-state index contributed by atoms with van der Waals surface area (Å²) in [6.07, 6.45) is 83.0. The highest BCUT2D eigenvalue weighted by Gasteiger charge is 2.29. The van der Waals surface area contributed by atoms with E-state index < -0.39 is 91.5 Å². The molecule has 4 N–H and O–H groups in total. The summed E-state index contributed by atoms with van der Waals surface area (Å²) in [6.45, 7) is 2.48. The summed E-state index contributed by atoms with van der Waals surface area (Å²) in [7, 11) is -9.78. The highest BCUT2D eigenvalue weighted by Crippen LogP contribution is 2.45. The number of ether oxygens (including phenoxy) is 3. The number of carbonyl (C=O) groups excluding carboxylic acids is 3. The van der Waals surface area contributed by atoms with E-state index in [1.54, 1.807) is 0 Å². The zero-order valence-corrected chi connectivity index (χ0v) is 62.8. The van der Waals surface area contributed by atoms with Gasteiger partial charge in [0.05, 0.1) is 26.4 Å². The van der Waals surface area contributed by atoms with Gasteiger partial charge in [0, 0.05) is 19.3 Å². The second-order valence-corrected chi connectivity index (χ2v) is 28.3. The molecule has 0 rings (SSSR count). The van der Waals surface area contributed by atoms with E-state index in [9.17, 15) is 43.5 Å². The third kappa shape index (κ3) is 73.3. The third-order valence-electron chi connectivity index (χ3n) is 16.0. The summed E-state index contributed by atoms with van der Waals surface area (Å²) in [6, 6.07) is 0. The first-order valence-corrected chi connectivity index (χ1v) is 41.2. The van der Waals surface area contributed by atoms with Gasteiger partial charge in [-0.15, -0.1) is 0 Å². The number of aliphatic hydroxyl groups is 2. The largest absolute Gasteiger partial charge is 0.472 e. The fraction of sp³-hybridized carbons (Fsp3) is 0.734. The van der Waals surface area contributed by atoms with Crippen molar-refractivity contribution in [3.63, 3.8) is 0 Å². The van der Waals surface area contributed by atoms with E-state index >= 15 is 0 Å². The minimum atomic E-state index is -4.93. The molecule has 0 aromatic heterocycles. The predicted molar refractivity (Wildman–Crippen MR) is 399 cm³/mol. The number of phosphoric ester groups is 2. The summed E-state index contributed by atoms with van der Waals surface area (Å²) in [5.41, 5.74) is 0. The lowest BCUT2D eigenvalue weighted by atomic mass is 10.0. The average molecular weight is 1410 g/mol. The van der Waals surface area contributed by atoms with Crippen molar-refractivity contribution in [1.29, 1.82) is 0 Å². The molecule has 0 fully saturated rings. The number of hydrogen-bond donors (Lipinski definition) is 4. The monoisotopic (exact) mass is 1400 g/mol. The second kappa shape index (κ2) is 72.0. The lowest BCUT2D eigenvalue weighted by molar-refractivity contribution is -0.161. The maximum atomic E-state index is 12.9. The first-order chi connectivity index (χ1) is 47.2. The van der Waals surface area contributed by atoms with Crippen LogP contribution >= 0.6 is 15.6 Å². The van der Waals surface area contributed by atoms with Crippen molar-refractivity contribution < 1.29 is 75.8 Å². The van der Waals surface area contributed by atoms with Gasteiger partial charge in [-0.3, -0.25) is 32.5 Å². The SMILES string of the molecule is CC/C=C\C/C=C\C/C=C\C/C=C\C/C=C\CCCCCCCCCCCCCCCCCC(=O)OCC(O)COP(=O)(O)OCC(O)COP(=O)(O)OCC(COC(=O)CCCCCCCC/C=C\C/C=C\C/C=C\CCCCC)OC(=O)CCCCCCC/C=C\CCCC. The summed E-state index contributed by atoms with van der Waals surface area (Å²) in [5.74, 6) is -1.59. The fourth-order valence-corrected chi connectivity index (χ4v) is 11.7. The molecule has 560 valence electrons. The Kier molecular flexibility index (Phi) is 69.2. The van der Waals surface area contributed by atoms with E-state index in [-0.39, 0.29) is 19.3 Å². The van der Waals surface area contributed by atoms with Crippen LogP contribution in [0.3, 0.4) is 0 Å². The van der Waals surface area contributed by atoms with Crippen LogP contribution in [0.5, 0.6) is 0 Å². The van der Waals surface area contributed by atoms with Gasteiger partial charge in [0.25, 0.3) is 0 Å². The number of rotatable bonds is 72. The molecule has 0 aliphatic rings. The molecule has 0 amide bonds. The van der Waals surface area contributed by atoms with Gasteiger partial charge in [0.1, 0.15) is 25.4 Å². The van der Waals surface area contributed by atoms with Crippen LogP contribution in [-0.2, 0) is 55.8 Å². The number of unbranched alkanes of at least 4 members (excludes halogenated alkanes) is 31. The average Bonchev–Trinajstić information content (AvgIpc) is 2.81. The van der Waals surface area contributed by atoms with Crippen molar-refractivity contribution in [3.05, 3.63) is 109 Å². The van der Waals surface area contributed by atoms with Crippen molar-refractivity contribution in [2.45, 2.75) is 334 Å². The van der Waals surface area contributed by atoms with Crippen molar-refractivity contribution in [3.8, 4) is 0 Å². The van der Waals surface area contributed by atoms with Crippen LogP contribution in [0.1, 0.15) is 316 Å². The van der Waals surface area contributed by atoms with Crippen LogP contribution < -0.4 is 0 Å². The Bertz CT molecular complexity index is 2200. The van der Waals surface area contributed by atoms with Gasteiger partial charge in [-0.1, -0.05) is 284 Å². The first kappa shape index (κ1) is 93.2. The molecule has 0 aromatic rings. The Labute approximate surface area is 590 Å². The zero-order valence-electron chi connectivity index (χ0n) is 61.0. The Balaban J connectivity index is 4.40. The molecule has 0 radical (unpaired) electrons. The molecule has 0 saturated carbocycles. The molecule has 0 spiro atoms. The van der Waals surface area contributed by atoms with Crippen molar-refractivity contribution >= 4 is 33.6 Å². The van der Waals surface area contributed by atoms with Crippen LogP contribution in [0, 0.1) is 0 Å². The molecule has 0 bridgehead atoms. The van der Waals surface area contributed by atoms with Crippen LogP contribution in [0.25, 0.3) is 0 Å². The fourth-order valence-electron chi connectivity index (χ4n) is 10.1. The Hall–Kier alpha value is -3.79. The lowest BCUT2D eigenvalue weighted by Crippen LogP contribution is -2.30. The molecule has 0 saturated heterocycles. The Morgan fingerprint density at radius 2 is 0.557 bits per heavy atom. The lowest BCUT2D eigenvalue weighted by Gasteiger charge is -2.21. The number of esters is 3. The second-order valence-electron chi connectivity index (χ2n) is 25.4. The molecule has 18 heteroatoms. The molecule has 0 heterocycles. The van der Waals surface area contributed by atoms with Crippen LogP contribution in [0.4, 0.5) is 0 Å². The van der Waals surface area contributed by atoms with Crippen LogP contribution in [0.15, 0.2) is 109 Å². The van der Waals surface area contributed by atoms with Crippen LogP contribution in [0.2, 0.25) is 0 Å². The number of aliphatic hydroxyl groups excluding tert-OH is 2. The van der Waals surface area contributed by atoms with E-state index in [0.717, 1.165) is 148 Å². The number of hydrogen-bond acceptors (Lipinski definition) is 14. The Morgan fingerprint density at radius 1 is 0.299 bits per heavy atom. The normalized spacial score (nSPS) is 14.7. The molecule has 5 unspecified atom stereocenters. The van der Waals surface area contributed by atoms with Crippen molar-refractivity contribution in [2.75, 3.05) is 39.6 Å². The summed E-state index contributed by atoms with van der Waals surface area (Å²) < 4.78 is 61.0. The first-order valence-electron chi connectivity index (χ1n) is 38.2. The summed E-state index contributed by atoms with van der Waals surface area (Å²) in [5, 5.41) is 20.6. The standard InChI is InChI=1S/C79H138O16P2/c1-4-7-10-13-16-19-22-24-26-28-30-31-32-33-34-35-36-37-38-39-40-41-43-45-46-48-51-53-56-59-62-65-77(82)89-68-74(80)69-91-96(85,86)92-70-75(81)71-93-97(87,88)94-73-76(95-79(84)67-64-61-58-55-50-21-18-15-12-9-6-3)72-90-78(83)66-63-60-57-54-52-49-47-44-42-29-27-25-23-20-17-14-11-8-5-2/h7,10,15-20,24-27,30-31,33-34,42,44,74-76,80-81H,4-6,8-9,11-14,21-23,28-29,32,35-41,43,45-73H2,1-3H3,(H,85,86)(H,87,88)/b10-7-,18-15-,19-16-,20-17-,26-24-,27-25-,31-30-,34-33-,44-42-. The molecule has 5 atom stereocenters. The molecule has 0 aromatic carbocycles. The Morgan fingerprint density at radius 3 is 0.907 bits per heavy atom. The maximum Gasteiger partial charge on any atom is 0.472 e. The van der Waals surface area contributed by atoms with Gasteiger partial charge in [-0.05, 0) is 122 Å². The van der Waals surface area contributed by atoms with Gasteiger partial charge in [0.2, 0.25) is 0 Å². The molecular formula is C79H138O16P2. The van der Waals surface area contributed by atoms with E-state index in [4.69, 9.17) is 32.3 Å². The van der Waals surface area contributed by atoms with E-state index in [1.165, 1.54) is 109 Å². The highest BCUT2D eigenvalue weighted by molar-refractivity contribution is 7.47. The molecule has 0 aliphatic carbocycles. The quantitative estimate of drug-likeness (QED) is 0.0146. The summed E-state index contributed by atoms with van der Waals surface area (Å²) in [4.78, 5) is 58.4. The maximum absolute atomic E-state index is 12.9. The van der Waals surface area contributed by atoms with E-state index in [2.05, 4.69) is 130 Å². The minimum absolute atomic E-state index is 0.0910. The molecular weight excluding hydrogens is 1270 g/mol. The van der Waals surface area contributed by atoms with Crippen molar-refractivity contribution in [1.82, 2.24) is 0 Å². The predicted octanol–water partition coefficient (Wildman–Crippen LogP) is 22.0. The summed E-state index contributed by atoms with van der Waals surface area (Å²) >= 11 is 0. The smallest absolute Gasteiger partial charge is 0.463 e. The number of carbonyl (C=O) groups is 3. The van der Waals surface area contributed by atoms with Gasteiger partial charge in [-0.2, -0.15) is 0 Å². The van der Waals surface area contributed by atoms with E-state index in [0.29, 0.717) is 19.3 Å². The van der Waals surface area contributed by atoms with Gasteiger partial charge >= 0.3 is 33.6 Å². The van der Waals surface area contributed by atoms with Gasteiger partial charge in [0.15, 0.2) is 6.10 Å². The molecule has 97 heavy (non-hydrogen) atoms. The topological polar surface area (TPSA) is 231 Å².